The van der Waals surface area contributed by atoms with Crippen LogP contribution in [0.4, 0.5) is 5.69 Å². The van der Waals surface area contributed by atoms with Crippen molar-refractivity contribution in [2.75, 3.05) is 0 Å². The molecule has 0 spiro atoms. The van der Waals surface area contributed by atoms with Gasteiger partial charge >= 0.3 is 178 Å². The third-order valence-corrected chi connectivity index (χ3v) is 14.3. The van der Waals surface area contributed by atoms with Gasteiger partial charge in [-0.05, 0) is 0 Å². The number of benzene rings is 1. The quantitative estimate of drug-likeness (QED) is 0.247. The summed E-state index contributed by atoms with van der Waals surface area (Å²) in [6, 6.07) is 10.8. The van der Waals surface area contributed by atoms with Crippen LogP contribution in [0.3, 0.4) is 0 Å². The van der Waals surface area contributed by atoms with E-state index in [0.717, 1.165) is 9.78 Å². The molecule has 4 nitrogen and oxygen atoms in total. The Morgan fingerprint density at radius 3 is 2.36 bits per heavy atom. The molecule has 1 aliphatic carbocycles. The van der Waals surface area contributed by atoms with E-state index in [0.29, 0.717) is 17.8 Å². The fourth-order valence-electron chi connectivity index (χ4n) is 4.93. The SMILES string of the molecule is CC[Si](CC)(CC)OC(C)(C)[C@@H]1CC[C@H](C)[C@H]1C[Se]c1ccccc1[N+](=O)[O-]. The van der Waals surface area contributed by atoms with E-state index in [1.807, 2.05) is 12.1 Å². The van der Waals surface area contributed by atoms with Crippen LogP contribution >= 0.6 is 0 Å². The Labute approximate surface area is 178 Å². The van der Waals surface area contributed by atoms with Crippen LogP contribution in [0, 0.1) is 27.9 Å². The Balaban J connectivity index is 2.16. The normalized spacial score (nSPS) is 23.1. The van der Waals surface area contributed by atoms with Gasteiger partial charge in [0.15, 0.2) is 0 Å². The van der Waals surface area contributed by atoms with Crippen LogP contribution in [0.15, 0.2) is 24.3 Å². The van der Waals surface area contributed by atoms with E-state index in [2.05, 4.69) is 41.5 Å². The topological polar surface area (TPSA) is 52.4 Å². The van der Waals surface area contributed by atoms with Crippen LogP contribution in [0.25, 0.3) is 0 Å². The zero-order chi connectivity index (χ0) is 20.9. The van der Waals surface area contributed by atoms with E-state index in [-0.39, 0.29) is 31.2 Å². The molecule has 0 radical (unpaired) electrons. The van der Waals surface area contributed by atoms with Gasteiger partial charge in [-0.2, -0.15) is 0 Å². The summed E-state index contributed by atoms with van der Waals surface area (Å²) in [5.41, 5.74) is 0.178. The fourth-order valence-corrected chi connectivity index (χ4v) is 11.1. The second-order valence-electron chi connectivity index (χ2n) is 8.81. The molecule has 0 amide bonds. The Bertz CT molecular complexity index is 655. The molecule has 1 fully saturated rings. The van der Waals surface area contributed by atoms with Crippen molar-refractivity contribution in [2.24, 2.45) is 17.8 Å². The molecule has 28 heavy (non-hydrogen) atoms. The summed E-state index contributed by atoms with van der Waals surface area (Å²) in [6.45, 7) is 13.9. The third-order valence-electron chi connectivity index (χ3n) is 6.98. The number of nitro benzene ring substituents is 1. The van der Waals surface area contributed by atoms with Crippen LogP contribution in [0.1, 0.15) is 54.4 Å². The predicted molar refractivity (Wildman–Crippen MR) is 121 cm³/mol. The van der Waals surface area contributed by atoms with Gasteiger partial charge in [0.2, 0.25) is 0 Å². The van der Waals surface area contributed by atoms with Gasteiger partial charge in [0.1, 0.15) is 0 Å². The molecule has 2 rings (SSSR count). The van der Waals surface area contributed by atoms with Gasteiger partial charge in [-0.25, -0.2) is 0 Å². The van der Waals surface area contributed by atoms with Crippen LogP contribution in [0.5, 0.6) is 0 Å². The van der Waals surface area contributed by atoms with Crippen molar-refractivity contribution < 1.29 is 9.35 Å². The van der Waals surface area contributed by atoms with E-state index >= 15 is 0 Å². The monoisotopic (exact) mass is 471 g/mol. The molecule has 0 saturated heterocycles. The second-order valence-corrected chi connectivity index (χ2v) is 15.7. The van der Waals surface area contributed by atoms with Crippen LogP contribution in [-0.4, -0.2) is 33.8 Å². The number of rotatable bonds is 10. The van der Waals surface area contributed by atoms with Gasteiger partial charge in [-0.1, -0.05) is 0 Å². The second kappa shape index (κ2) is 9.88. The van der Waals surface area contributed by atoms with Crippen molar-refractivity contribution in [1.82, 2.24) is 0 Å². The summed E-state index contributed by atoms with van der Waals surface area (Å²) in [6.07, 6.45) is 2.46. The standard InChI is InChI=1S/C22H37NO3SeSi/c1-7-28(8-2,9-3)26-22(5,6)19-15-14-17(4)18(19)16-27-21-13-11-10-12-20(21)23(24)25/h10-13,17-19H,7-9,14-16H2,1-6H3/t17-,18+,19+/m0/s1. The van der Waals surface area contributed by atoms with E-state index < -0.39 is 8.32 Å². The number of para-hydroxylation sites is 1. The first-order chi connectivity index (χ1) is 13.2. The van der Waals surface area contributed by atoms with Gasteiger partial charge < -0.3 is 0 Å². The summed E-state index contributed by atoms with van der Waals surface area (Å²) >= 11 is 0.121. The Kier molecular flexibility index (Phi) is 8.33. The molecular formula is C22H37NO3SeSi. The average molecular weight is 471 g/mol. The number of nitrogens with zero attached hydrogens (tertiary/aromatic N) is 1. The van der Waals surface area contributed by atoms with Crippen LogP contribution in [-0.2, 0) is 4.43 Å². The Morgan fingerprint density at radius 1 is 1.18 bits per heavy atom. The first-order valence-corrected chi connectivity index (χ1v) is 15.4. The first-order valence-electron chi connectivity index (χ1n) is 10.8. The molecule has 158 valence electrons. The number of hydrogen-bond donors (Lipinski definition) is 0. The molecule has 1 aliphatic rings. The zero-order valence-corrected chi connectivity index (χ0v) is 21.1. The van der Waals surface area contributed by atoms with Crippen LogP contribution in [0.2, 0.25) is 23.5 Å². The first kappa shape index (κ1) is 23.6. The Morgan fingerprint density at radius 2 is 1.79 bits per heavy atom. The maximum atomic E-state index is 11.4. The third kappa shape index (κ3) is 5.27. The molecule has 0 heterocycles. The van der Waals surface area contributed by atoms with E-state index in [1.54, 1.807) is 12.1 Å². The van der Waals surface area contributed by atoms with Gasteiger partial charge in [0.05, 0.1) is 0 Å². The Hall–Kier alpha value is -0.684. The summed E-state index contributed by atoms with van der Waals surface area (Å²) in [5, 5.41) is 12.4. The summed E-state index contributed by atoms with van der Waals surface area (Å²) in [5.74, 6) is 1.80. The summed E-state index contributed by atoms with van der Waals surface area (Å²) < 4.78 is 7.91. The van der Waals surface area contributed by atoms with Crippen molar-refractivity contribution in [3.8, 4) is 0 Å². The zero-order valence-electron chi connectivity index (χ0n) is 18.4. The van der Waals surface area contributed by atoms with Gasteiger partial charge in [-0.15, -0.1) is 0 Å². The van der Waals surface area contributed by atoms with E-state index in [4.69, 9.17) is 4.43 Å². The number of nitro groups is 1. The molecule has 0 unspecified atom stereocenters. The molecule has 1 aromatic rings. The van der Waals surface area contributed by atoms with Crippen molar-refractivity contribution in [1.29, 1.82) is 0 Å². The number of hydrogen-bond acceptors (Lipinski definition) is 3. The molecule has 0 aromatic heterocycles. The van der Waals surface area contributed by atoms with E-state index in [1.165, 1.54) is 31.0 Å². The van der Waals surface area contributed by atoms with Crippen LogP contribution < -0.4 is 4.46 Å². The maximum absolute atomic E-state index is 11.4. The predicted octanol–water partition coefficient (Wildman–Crippen LogP) is 5.81. The molecular weight excluding hydrogens is 433 g/mol. The summed E-state index contributed by atoms with van der Waals surface area (Å²) in [4.78, 5) is 11.1. The van der Waals surface area contributed by atoms with Crippen molar-refractivity contribution >= 4 is 33.4 Å². The molecule has 6 heteroatoms. The minimum atomic E-state index is -1.67. The van der Waals surface area contributed by atoms with Gasteiger partial charge in [-0.3, -0.25) is 0 Å². The van der Waals surface area contributed by atoms with Gasteiger partial charge in [0.25, 0.3) is 0 Å². The average Bonchev–Trinajstić information content (AvgIpc) is 3.06. The van der Waals surface area contributed by atoms with Gasteiger partial charge in [0, 0.05) is 0 Å². The molecule has 0 bridgehead atoms. The van der Waals surface area contributed by atoms with Crippen molar-refractivity contribution in [2.45, 2.75) is 83.4 Å². The van der Waals surface area contributed by atoms with E-state index in [9.17, 15) is 10.1 Å². The van der Waals surface area contributed by atoms with Crippen molar-refractivity contribution in [3.63, 3.8) is 0 Å². The summed E-state index contributed by atoms with van der Waals surface area (Å²) in [7, 11) is -1.67. The molecule has 3 atom stereocenters. The molecule has 0 aliphatic heterocycles. The molecule has 1 aromatic carbocycles. The fraction of sp³-hybridized carbons (Fsp3) is 0.727. The molecule has 0 N–H and O–H groups in total. The molecule has 1 saturated carbocycles. The minimum absolute atomic E-state index is 0.109. The van der Waals surface area contributed by atoms with Crippen molar-refractivity contribution in [3.05, 3.63) is 34.4 Å².